The number of thiazole rings is 1. The van der Waals surface area contributed by atoms with Gasteiger partial charge in [-0.05, 0) is 32.5 Å². The Kier molecular flexibility index (Phi) is 6.97. The number of amides is 1. The fourth-order valence-corrected chi connectivity index (χ4v) is 3.61. The summed E-state index contributed by atoms with van der Waals surface area (Å²) in [5.41, 5.74) is 1.49. The Bertz CT molecular complexity index is 974. The van der Waals surface area contributed by atoms with E-state index in [1.54, 1.807) is 12.1 Å². The summed E-state index contributed by atoms with van der Waals surface area (Å²) in [5.74, 6) is 1.02. The summed E-state index contributed by atoms with van der Waals surface area (Å²) in [5, 5.41) is 13.4. The molecule has 0 saturated carbocycles. The van der Waals surface area contributed by atoms with Crippen molar-refractivity contribution >= 4 is 51.3 Å². The van der Waals surface area contributed by atoms with Gasteiger partial charge in [0.05, 0.1) is 16.9 Å². The molecule has 29 heavy (non-hydrogen) atoms. The smallest absolute Gasteiger partial charge is 0.267 e. The van der Waals surface area contributed by atoms with Crippen molar-refractivity contribution in [2.75, 3.05) is 29.5 Å². The number of aromatic nitrogens is 3. The van der Waals surface area contributed by atoms with Crippen molar-refractivity contribution < 1.29 is 4.79 Å². The van der Waals surface area contributed by atoms with E-state index in [-0.39, 0.29) is 11.9 Å². The van der Waals surface area contributed by atoms with Gasteiger partial charge in [-0.3, -0.25) is 4.79 Å². The molecule has 3 rings (SSSR count). The molecule has 152 valence electrons. The van der Waals surface area contributed by atoms with E-state index in [4.69, 9.17) is 11.6 Å². The predicted molar refractivity (Wildman–Crippen MR) is 119 cm³/mol. The summed E-state index contributed by atoms with van der Waals surface area (Å²) in [6.45, 7) is 4.75. The third-order valence-corrected chi connectivity index (χ3v) is 5.22. The van der Waals surface area contributed by atoms with Gasteiger partial charge in [-0.15, -0.1) is 0 Å². The molecular formula is C19H22ClN7OS. The van der Waals surface area contributed by atoms with Crippen molar-refractivity contribution in [1.82, 2.24) is 20.3 Å². The molecule has 8 nitrogen and oxygen atoms in total. The molecule has 2 heterocycles. The Labute approximate surface area is 178 Å². The highest BCUT2D eigenvalue weighted by Crippen LogP contribution is 2.28. The minimum atomic E-state index is -0.266. The molecule has 3 aromatic rings. The summed E-state index contributed by atoms with van der Waals surface area (Å²) in [6.07, 6.45) is 2.99. The number of carbonyl (C=O) groups is 1. The van der Waals surface area contributed by atoms with E-state index >= 15 is 0 Å². The lowest BCUT2D eigenvalue weighted by Crippen LogP contribution is -2.28. The molecule has 4 N–H and O–H groups in total. The summed E-state index contributed by atoms with van der Waals surface area (Å²) < 4.78 is 0. The molecule has 2 aromatic heterocycles. The molecule has 1 atom stereocenters. The molecule has 10 heteroatoms. The summed E-state index contributed by atoms with van der Waals surface area (Å²) in [6, 6.07) is 7.47. The van der Waals surface area contributed by atoms with Gasteiger partial charge >= 0.3 is 0 Å². The van der Waals surface area contributed by atoms with Gasteiger partial charge in [-0.2, -0.15) is 0 Å². The maximum Gasteiger partial charge on any atom is 0.267 e. The van der Waals surface area contributed by atoms with Crippen molar-refractivity contribution in [3.63, 3.8) is 0 Å². The van der Waals surface area contributed by atoms with Crippen LogP contribution in [0.1, 0.15) is 22.2 Å². The summed E-state index contributed by atoms with van der Waals surface area (Å²) >= 11 is 7.41. The van der Waals surface area contributed by atoms with Gasteiger partial charge in [0, 0.05) is 18.7 Å². The van der Waals surface area contributed by atoms with Crippen molar-refractivity contribution in [2.45, 2.75) is 19.9 Å². The Hall–Kier alpha value is -2.75. The molecule has 0 spiro atoms. The number of benzene rings is 1. The van der Waals surface area contributed by atoms with Crippen LogP contribution in [0.4, 0.5) is 22.5 Å². The maximum atomic E-state index is 12.6. The number of likely N-dealkylation sites (N-methyl/N-ethyl adjacent to an activating group) is 1. The van der Waals surface area contributed by atoms with E-state index in [9.17, 15) is 4.79 Å². The van der Waals surface area contributed by atoms with Crippen molar-refractivity contribution in [3.8, 4) is 0 Å². The number of rotatable bonds is 8. The maximum absolute atomic E-state index is 12.6. The van der Waals surface area contributed by atoms with Gasteiger partial charge in [0.15, 0.2) is 5.13 Å². The second-order valence-corrected chi connectivity index (χ2v) is 7.87. The van der Waals surface area contributed by atoms with Crippen LogP contribution in [0, 0.1) is 6.92 Å². The topological polar surface area (TPSA) is 104 Å². The van der Waals surface area contributed by atoms with Crippen molar-refractivity contribution in [3.05, 3.63) is 52.3 Å². The minimum absolute atomic E-state index is 0.214. The second kappa shape index (κ2) is 9.64. The van der Waals surface area contributed by atoms with Crippen LogP contribution in [0.3, 0.4) is 0 Å². The van der Waals surface area contributed by atoms with Gasteiger partial charge in [0.2, 0.25) is 0 Å². The lowest BCUT2D eigenvalue weighted by molar-refractivity contribution is 0.103. The molecule has 1 aromatic carbocycles. The average molecular weight is 432 g/mol. The van der Waals surface area contributed by atoms with E-state index in [1.165, 1.54) is 23.9 Å². The van der Waals surface area contributed by atoms with Crippen LogP contribution < -0.4 is 21.3 Å². The van der Waals surface area contributed by atoms with Crippen LogP contribution >= 0.6 is 22.9 Å². The van der Waals surface area contributed by atoms with Gasteiger partial charge < -0.3 is 21.3 Å². The summed E-state index contributed by atoms with van der Waals surface area (Å²) in [4.78, 5) is 25.7. The zero-order valence-corrected chi connectivity index (χ0v) is 17.9. The van der Waals surface area contributed by atoms with E-state index < -0.39 is 0 Å². The van der Waals surface area contributed by atoms with Crippen LogP contribution in [-0.2, 0) is 0 Å². The SMILES string of the molecule is CNCC(C)Nc1cc(Nc2ncc(C(=O)Nc3c(C)cccc3Cl)s2)ncn1. The zero-order valence-electron chi connectivity index (χ0n) is 16.3. The molecule has 1 amide bonds. The van der Waals surface area contributed by atoms with Crippen molar-refractivity contribution in [1.29, 1.82) is 0 Å². The normalized spacial score (nSPS) is 11.7. The van der Waals surface area contributed by atoms with Crippen LogP contribution in [-0.4, -0.2) is 40.5 Å². The number of anilines is 4. The first-order valence-electron chi connectivity index (χ1n) is 8.98. The Balaban J connectivity index is 1.67. The van der Waals surface area contributed by atoms with Crippen LogP contribution in [0.5, 0.6) is 0 Å². The highest BCUT2D eigenvalue weighted by Gasteiger charge is 2.14. The summed E-state index contributed by atoms with van der Waals surface area (Å²) in [7, 11) is 1.90. The first-order valence-corrected chi connectivity index (χ1v) is 10.2. The van der Waals surface area contributed by atoms with E-state index in [0.717, 1.165) is 12.1 Å². The molecule has 0 aliphatic carbocycles. The zero-order chi connectivity index (χ0) is 20.8. The lowest BCUT2D eigenvalue weighted by Gasteiger charge is -2.14. The largest absolute Gasteiger partial charge is 0.366 e. The molecule has 0 radical (unpaired) electrons. The third-order valence-electron chi connectivity index (χ3n) is 4.00. The number of para-hydroxylation sites is 1. The van der Waals surface area contributed by atoms with Gasteiger partial charge in [-0.25, -0.2) is 15.0 Å². The monoisotopic (exact) mass is 431 g/mol. The number of carbonyl (C=O) groups excluding carboxylic acids is 1. The average Bonchev–Trinajstić information content (AvgIpc) is 3.14. The van der Waals surface area contributed by atoms with E-state index in [2.05, 4.69) is 43.1 Å². The number of nitrogens with one attached hydrogen (secondary N) is 4. The van der Waals surface area contributed by atoms with Crippen LogP contribution in [0.2, 0.25) is 5.02 Å². The van der Waals surface area contributed by atoms with Crippen molar-refractivity contribution in [2.24, 2.45) is 0 Å². The fraction of sp³-hybridized carbons (Fsp3) is 0.263. The number of hydrogen-bond donors (Lipinski definition) is 4. The molecule has 1 unspecified atom stereocenters. The minimum Gasteiger partial charge on any atom is -0.366 e. The number of nitrogens with zero attached hydrogens (tertiary/aromatic N) is 3. The third kappa shape index (κ3) is 5.63. The number of hydrogen-bond acceptors (Lipinski definition) is 8. The first-order chi connectivity index (χ1) is 14.0. The standard InChI is InChI=1S/C19H22ClN7OS/c1-11-5-4-6-13(20)17(11)27-18(28)14-9-22-19(29-14)26-16-7-15(23-10-24-16)25-12(2)8-21-3/h4-7,9-10,12,21H,8H2,1-3H3,(H,27,28)(H2,22,23,24,25,26). The second-order valence-electron chi connectivity index (χ2n) is 6.43. The molecule has 0 saturated heterocycles. The van der Waals surface area contributed by atoms with E-state index in [0.29, 0.717) is 32.4 Å². The predicted octanol–water partition coefficient (Wildman–Crippen LogP) is 3.91. The van der Waals surface area contributed by atoms with E-state index in [1.807, 2.05) is 26.1 Å². The Morgan fingerprint density at radius 2 is 2.03 bits per heavy atom. The van der Waals surface area contributed by atoms with Gasteiger partial charge in [0.25, 0.3) is 5.91 Å². The Morgan fingerprint density at radius 3 is 2.79 bits per heavy atom. The molecule has 0 bridgehead atoms. The first kappa shape index (κ1) is 21.0. The fourth-order valence-electron chi connectivity index (χ4n) is 2.63. The lowest BCUT2D eigenvalue weighted by atomic mass is 10.2. The van der Waals surface area contributed by atoms with Gasteiger partial charge in [0.1, 0.15) is 22.8 Å². The quantitative estimate of drug-likeness (QED) is 0.428. The molecule has 0 aliphatic rings. The van der Waals surface area contributed by atoms with Crippen LogP contribution in [0.25, 0.3) is 0 Å². The number of halogens is 1. The highest BCUT2D eigenvalue weighted by molar-refractivity contribution is 7.17. The highest BCUT2D eigenvalue weighted by atomic mass is 35.5. The van der Waals surface area contributed by atoms with Crippen LogP contribution in [0.15, 0.2) is 36.8 Å². The molecule has 0 fully saturated rings. The Morgan fingerprint density at radius 1 is 1.24 bits per heavy atom. The number of aryl methyl sites for hydroxylation is 1. The molecular weight excluding hydrogens is 410 g/mol. The van der Waals surface area contributed by atoms with Gasteiger partial charge in [-0.1, -0.05) is 35.1 Å². The molecule has 0 aliphatic heterocycles.